The first-order valence-corrected chi connectivity index (χ1v) is 5.70. The fraction of sp³-hybridized carbons (Fsp3) is 0.286. The number of hydrogen-bond donors (Lipinski definition) is 0. The highest BCUT2D eigenvalue weighted by atomic mass is 16.5. The Labute approximate surface area is 99.1 Å². The number of hydrogen-bond acceptors (Lipinski definition) is 3. The van der Waals surface area contributed by atoms with E-state index in [1.54, 1.807) is 12.1 Å². The largest absolute Gasteiger partial charge is 0.489 e. The van der Waals surface area contributed by atoms with Crippen molar-refractivity contribution in [1.29, 1.82) is 0 Å². The second-order valence-corrected chi connectivity index (χ2v) is 4.56. The highest BCUT2D eigenvalue weighted by Gasteiger charge is 2.42. The molecule has 0 aromatic heterocycles. The molecular formula is C14H12O3. The number of Topliss-reactive ketones (excluding diaryl/α,β-unsaturated/α-hetero) is 2. The van der Waals surface area contributed by atoms with Gasteiger partial charge in [0.25, 0.3) is 0 Å². The van der Waals surface area contributed by atoms with Crippen LogP contribution in [0.25, 0.3) is 5.76 Å². The van der Waals surface area contributed by atoms with Crippen molar-refractivity contribution in [2.45, 2.75) is 20.0 Å². The molecule has 86 valence electrons. The van der Waals surface area contributed by atoms with Crippen LogP contribution in [0.1, 0.15) is 29.8 Å². The summed E-state index contributed by atoms with van der Waals surface area (Å²) >= 11 is 0. The molecule has 0 amide bonds. The molecule has 2 atom stereocenters. The number of carbonyl (C=O) groups is 2. The number of ketones is 2. The van der Waals surface area contributed by atoms with Gasteiger partial charge in [0.05, 0.1) is 5.57 Å². The number of fused-ring (bicyclic) bond motifs is 2. The van der Waals surface area contributed by atoms with Crippen LogP contribution in [0.4, 0.5) is 0 Å². The quantitative estimate of drug-likeness (QED) is 0.639. The van der Waals surface area contributed by atoms with E-state index in [4.69, 9.17) is 4.74 Å². The maximum absolute atomic E-state index is 12.0. The number of rotatable bonds is 0. The van der Waals surface area contributed by atoms with Crippen LogP contribution in [-0.4, -0.2) is 17.7 Å². The topological polar surface area (TPSA) is 43.4 Å². The molecule has 1 aliphatic carbocycles. The lowest BCUT2D eigenvalue weighted by Gasteiger charge is -2.15. The first-order valence-electron chi connectivity index (χ1n) is 5.70. The lowest BCUT2D eigenvalue weighted by atomic mass is 9.83. The van der Waals surface area contributed by atoms with Crippen molar-refractivity contribution in [2.24, 2.45) is 5.92 Å². The molecule has 0 bridgehead atoms. The van der Waals surface area contributed by atoms with Gasteiger partial charge in [-0.3, -0.25) is 9.59 Å². The van der Waals surface area contributed by atoms with Crippen molar-refractivity contribution >= 4 is 17.3 Å². The molecule has 0 fully saturated rings. The average Bonchev–Trinajstić information content (AvgIpc) is 2.63. The summed E-state index contributed by atoms with van der Waals surface area (Å²) in [4.78, 5) is 24.0. The molecule has 3 nitrogen and oxygen atoms in total. The van der Waals surface area contributed by atoms with Gasteiger partial charge in [-0.2, -0.15) is 0 Å². The zero-order chi connectivity index (χ0) is 12.2. The summed E-state index contributed by atoms with van der Waals surface area (Å²) in [6, 6.07) is 7.12. The van der Waals surface area contributed by atoms with Gasteiger partial charge in [-0.15, -0.1) is 0 Å². The molecule has 1 aromatic rings. The zero-order valence-electron chi connectivity index (χ0n) is 9.69. The summed E-state index contributed by atoms with van der Waals surface area (Å²) in [6.07, 6.45) is -0.0529. The number of ether oxygens (including phenoxy) is 1. The fourth-order valence-electron chi connectivity index (χ4n) is 2.44. The van der Waals surface area contributed by atoms with E-state index in [9.17, 15) is 9.59 Å². The van der Waals surface area contributed by atoms with Crippen LogP contribution in [0.2, 0.25) is 0 Å². The van der Waals surface area contributed by atoms with Gasteiger partial charge in [0.15, 0.2) is 0 Å². The van der Waals surface area contributed by atoms with Crippen molar-refractivity contribution in [3.8, 4) is 0 Å². The molecule has 3 heteroatoms. The molecule has 3 rings (SSSR count). The van der Waals surface area contributed by atoms with Gasteiger partial charge in [0.2, 0.25) is 11.6 Å². The van der Waals surface area contributed by atoms with Crippen molar-refractivity contribution < 1.29 is 14.3 Å². The lowest BCUT2D eigenvalue weighted by Crippen LogP contribution is -2.25. The molecule has 1 aromatic carbocycles. The average molecular weight is 228 g/mol. The Hall–Kier alpha value is -1.90. The normalized spacial score (nSPS) is 26.7. The first kappa shape index (κ1) is 10.3. The molecule has 17 heavy (non-hydrogen) atoms. The minimum absolute atomic E-state index is 0.0187. The van der Waals surface area contributed by atoms with E-state index in [2.05, 4.69) is 0 Å². The molecule has 1 aliphatic heterocycles. The van der Waals surface area contributed by atoms with Gasteiger partial charge >= 0.3 is 0 Å². The molecule has 1 unspecified atom stereocenters. The minimum Gasteiger partial charge on any atom is -0.489 e. The predicted octanol–water partition coefficient (Wildman–Crippen LogP) is 2.22. The van der Waals surface area contributed by atoms with Crippen LogP contribution in [-0.2, 0) is 9.53 Å². The van der Waals surface area contributed by atoms with E-state index in [0.717, 1.165) is 5.56 Å². The summed E-state index contributed by atoms with van der Waals surface area (Å²) in [5.74, 6) is -0.237. The second kappa shape index (κ2) is 3.29. The lowest BCUT2D eigenvalue weighted by molar-refractivity contribution is -0.112. The predicted molar refractivity (Wildman–Crippen MR) is 62.4 cm³/mol. The summed E-state index contributed by atoms with van der Waals surface area (Å²) in [5.41, 5.74) is 1.75. The molecule has 2 aliphatic rings. The van der Waals surface area contributed by atoms with Crippen molar-refractivity contribution in [2.75, 3.05) is 0 Å². The third-order valence-corrected chi connectivity index (χ3v) is 3.58. The number of benzene rings is 1. The van der Waals surface area contributed by atoms with E-state index >= 15 is 0 Å². The van der Waals surface area contributed by atoms with E-state index in [0.29, 0.717) is 16.9 Å². The Morgan fingerprint density at radius 1 is 1.00 bits per heavy atom. The van der Waals surface area contributed by atoms with Gasteiger partial charge in [-0.05, 0) is 6.92 Å². The van der Waals surface area contributed by atoms with Crippen molar-refractivity contribution in [1.82, 2.24) is 0 Å². The Morgan fingerprint density at radius 3 is 2.35 bits per heavy atom. The maximum Gasteiger partial charge on any atom is 0.234 e. The standard InChI is InChI=1S/C14H12O3/c1-7-8(2)17-14-10-6-4-3-5-9(10)12(15)13(16)11(7)14/h3-8H,1-2H3/t7-,8?/m1/s1. The minimum atomic E-state index is -0.413. The molecule has 1 heterocycles. The molecule has 0 N–H and O–H groups in total. The Balaban J connectivity index is 2.28. The maximum atomic E-state index is 12.0. The zero-order valence-corrected chi connectivity index (χ0v) is 9.69. The Kier molecular flexibility index (Phi) is 1.99. The smallest absolute Gasteiger partial charge is 0.234 e. The second-order valence-electron chi connectivity index (χ2n) is 4.56. The molecular weight excluding hydrogens is 216 g/mol. The SMILES string of the molecule is CC1OC2=C(C(=O)C(=O)c3ccccc32)[C@@H]1C. The molecule has 0 saturated heterocycles. The number of carbonyl (C=O) groups excluding carboxylic acids is 2. The van der Waals surface area contributed by atoms with Crippen molar-refractivity contribution in [3.63, 3.8) is 0 Å². The van der Waals surface area contributed by atoms with Crippen molar-refractivity contribution in [3.05, 3.63) is 41.0 Å². The molecule has 0 spiro atoms. The van der Waals surface area contributed by atoms with Gasteiger partial charge in [-0.25, -0.2) is 0 Å². The van der Waals surface area contributed by atoms with Crippen LogP contribution in [0.3, 0.4) is 0 Å². The Bertz CT molecular complexity index is 569. The summed E-state index contributed by atoms with van der Waals surface area (Å²) < 4.78 is 5.73. The fourth-order valence-corrected chi connectivity index (χ4v) is 2.44. The van der Waals surface area contributed by atoms with Crippen LogP contribution >= 0.6 is 0 Å². The van der Waals surface area contributed by atoms with Crippen LogP contribution in [0, 0.1) is 5.92 Å². The van der Waals surface area contributed by atoms with E-state index in [1.807, 2.05) is 26.0 Å². The van der Waals surface area contributed by atoms with E-state index in [1.165, 1.54) is 0 Å². The molecule has 0 radical (unpaired) electrons. The first-order chi connectivity index (χ1) is 8.11. The Morgan fingerprint density at radius 2 is 1.65 bits per heavy atom. The van der Waals surface area contributed by atoms with E-state index < -0.39 is 11.6 Å². The van der Waals surface area contributed by atoms with Crippen LogP contribution in [0.15, 0.2) is 29.8 Å². The van der Waals surface area contributed by atoms with Crippen LogP contribution < -0.4 is 0 Å². The van der Waals surface area contributed by atoms with Crippen LogP contribution in [0.5, 0.6) is 0 Å². The van der Waals surface area contributed by atoms with Gasteiger partial charge in [0.1, 0.15) is 11.9 Å². The highest BCUT2D eigenvalue weighted by Crippen LogP contribution is 2.41. The van der Waals surface area contributed by atoms with E-state index in [-0.39, 0.29) is 12.0 Å². The van der Waals surface area contributed by atoms with Gasteiger partial charge in [-0.1, -0.05) is 31.2 Å². The third kappa shape index (κ3) is 1.22. The third-order valence-electron chi connectivity index (χ3n) is 3.58. The van der Waals surface area contributed by atoms with Gasteiger partial charge < -0.3 is 4.74 Å². The monoisotopic (exact) mass is 228 g/mol. The molecule has 0 saturated carbocycles. The van der Waals surface area contributed by atoms with Gasteiger partial charge in [0, 0.05) is 17.0 Å². The highest BCUT2D eigenvalue weighted by molar-refractivity contribution is 6.52. The summed E-state index contributed by atoms with van der Waals surface area (Å²) in [7, 11) is 0. The summed E-state index contributed by atoms with van der Waals surface area (Å²) in [6.45, 7) is 3.84. The summed E-state index contributed by atoms with van der Waals surface area (Å²) in [5, 5.41) is 0.